The maximum Gasteiger partial charge on any atom is 0.248 e. The molecule has 3 nitrogen and oxygen atoms in total. The Morgan fingerprint density at radius 3 is 2.19 bits per heavy atom. The number of aromatic nitrogens is 2. The second kappa shape index (κ2) is 7.98. The normalized spacial score (nSPS) is 14.4. The van der Waals surface area contributed by atoms with Crippen LogP contribution in [0.1, 0.15) is 79.3 Å². The van der Waals surface area contributed by atoms with Crippen molar-refractivity contribution in [1.29, 1.82) is 0 Å². The molecule has 0 atom stereocenters. The number of imidazole rings is 1. The lowest BCUT2D eigenvalue weighted by Gasteiger charge is -2.30. The highest BCUT2D eigenvalue weighted by molar-refractivity contribution is 7.01. The summed E-state index contributed by atoms with van der Waals surface area (Å²) in [6.45, 7) is 21.0. The summed E-state index contributed by atoms with van der Waals surface area (Å²) in [4.78, 5) is 5.40. The summed E-state index contributed by atoms with van der Waals surface area (Å²) in [6, 6.07) is 22.9. The molecule has 8 rings (SSSR count). The number of rotatable bonds is 1. The van der Waals surface area contributed by atoms with Crippen LogP contribution in [0.15, 0.2) is 65.1 Å². The van der Waals surface area contributed by atoms with Gasteiger partial charge < -0.3 is 4.42 Å². The van der Waals surface area contributed by atoms with Crippen LogP contribution in [-0.4, -0.2) is 16.3 Å². The highest BCUT2D eigenvalue weighted by atomic mass is 16.3. The van der Waals surface area contributed by atoms with Gasteiger partial charge in [0.25, 0.3) is 0 Å². The Balaban J connectivity index is 1.56. The highest BCUT2D eigenvalue weighted by Gasteiger charge is 2.44. The number of benzene rings is 4. The van der Waals surface area contributed by atoms with Crippen molar-refractivity contribution in [2.45, 2.75) is 79.6 Å². The van der Waals surface area contributed by atoms with Crippen LogP contribution in [-0.2, 0) is 17.3 Å². The van der Waals surface area contributed by atoms with Gasteiger partial charge in [0, 0.05) is 28.4 Å². The van der Waals surface area contributed by atoms with Crippen LogP contribution in [0.25, 0.3) is 49.8 Å². The molecule has 6 aromatic rings. The van der Waals surface area contributed by atoms with Gasteiger partial charge in [0.05, 0.1) is 11.0 Å². The molecule has 2 aliphatic heterocycles. The van der Waals surface area contributed by atoms with Gasteiger partial charge in [0.2, 0.25) is 6.71 Å². The zero-order valence-electron chi connectivity index (χ0n) is 26.4. The van der Waals surface area contributed by atoms with E-state index < -0.39 is 0 Å². The zero-order valence-corrected chi connectivity index (χ0v) is 26.4. The summed E-state index contributed by atoms with van der Waals surface area (Å²) in [5, 5.41) is 2.38. The minimum absolute atomic E-state index is 0.00812. The molecular formula is C38H39BN2O. The van der Waals surface area contributed by atoms with Gasteiger partial charge in [0.1, 0.15) is 17.0 Å². The van der Waals surface area contributed by atoms with E-state index in [9.17, 15) is 0 Å². The molecule has 0 saturated carbocycles. The summed E-state index contributed by atoms with van der Waals surface area (Å²) >= 11 is 0. The first-order chi connectivity index (χ1) is 19.7. The average molecular weight is 551 g/mol. The Morgan fingerprint density at radius 2 is 1.48 bits per heavy atom. The Hall–Kier alpha value is -3.79. The molecule has 0 radical (unpaired) electrons. The van der Waals surface area contributed by atoms with E-state index >= 15 is 0 Å². The van der Waals surface area contributed by atoms with Gasteiger partial charge >= 0.3 is 0 Å². The third kappa shape index (κ3) is 3.50. The van der Waals surface area contributed by atoms with Gasteiger partial charge in [-0.3, -0.25) is 4.57 Å². The molecular weight excluding hydrogens is 511 g/mol. The van der Waals surface area contributed by atoms with Gasteiger partial charge in [-0.25, -0.2) is 4.98 Å². The van der Waals surface area contributed by atoms with Crippen LogP contribution < -0.4 is 16.4 Å². The van der Waals surface area contributed by atoms with Gasteiger partial charge in [-0.05, 0) is 62.1 Å². The maximum atomic E-state index is 6.71. The minimum Gasteiger partial charge on any atom is -0.455 e. The number of furan rings is 1. The SMILES string of the molecule is CC(C)(C)Cc1nc2cc(C(C)(C)C)cc3c2n1-c1cc(C(C)(C)C)cc2c1B3c1ccc3c(oc4ccccc43)c1-2. The van der Waals surface area contributed by atoms with Gasteiger partial charge in [-0.15, -0.1) is 0 Å². The lowest BCUT2D eigenvalue weighted by Crippen LogP contribution is -2.53. The van der Waals surface area contributed by atoms with E-state index in [-0.39, 0.29) is 23.0 Å². The molecule has 0 unspecified atom stereocenters. The van der Waals surface area contributed by atoms with Gasteiger partial charge in [0.15, 0.2) is 0 Å². The molecule has 4 heteroatoms. The molecule has 4 aromatic carbocycles. The number of fused-ring (bicyclic) bond motifs is 9. The molecule has 2 aliphatic rings. The summed E-state index contributed by atoms with van der Waals surface area (Å²) in [7, 11) is 0. The fourth-order valence-corrected chi connectivity index (χ4v) is 7.36. The van der Waals surface area contributed by atoms with E-state index in [1.807, 2.05) is 0 Å². The first kappa shape index (κ1) is 25.9. The van der Waals surface area contributed by atoms with E-state index in [1.54, 1.807) is 0 Å². The van der Waals surface area contributed by atoms with Crippen molar-refractivity contribution in [3.8, 4) is 16.8 Å². The second-order valence-corrected chi connectivity index (χ2v) is 15.9. The quantitative estimate of drug-likeness (QED) is 0.195. The molecule has 0 saturated heterocycles. The molecule has 0 bridgehead atoms. The molecule has 0 amide bonds. The van der Waals surface area contributed by atoms with Crippen LogP contribution in [0.2, 0.25) is 0 Å². The van der Waals surface area contributed by atoms with E-state index in [4.69, 9.17) is 9.40 Å². The first-order valence-electron chi connectivity index (χ1n) is 15.4. The van der Waals surface area contributed by atoms with Gasteiger partial charge in [-0.1, -0.05) is 110 Å². The summed E-state index contributed by atoms with van der Waals surface area (Å²) in [6.07, 6.45) is 0.909. The summed E-state index contributed by atoms with van der Waals surface area (Å²) in [5.74, 6) is 1.15. The minimum atomic E-state index is -0.00812. The predicted molar refractivity (Wildman–Crippen MR) is 179 cm³/mol. The van der Waals surface area contributed by atoms with Crippen molar-refractivity contribution in [2.75, 3.05) is 0 Å². The lowest BCUT2D eigenvalue weighted by molar-refractivity contribution is 0.399. The Morgan fingerprint density at radius 1 is 0.762 bits per heavy atom. The third-order valence-corrected chi connectivity index (χ3v) is 9.43. The van der Waals surface area contributed by atoms with Crippen LogP contribution in [0, 0.1) is 5.41 Å². The van der Waals surface area contributed by atoms with E-state index in [0.717, 1.165) is 28.9 Å². The van der Waals surface area contributed by atoms with Crippen LogP contribution in [0.4, 0.5) is 0 Å². The number of para-hydroxylation sites is 1. The molecule has 210 valence electrons. The van der Waals surface area contributed by atoms with Crippen molar-refractivity contribution in [3.63, 3.8) is 0 Å². The molecule has 0 aliphatic carbocycles. The molecule has 0 spiro atoms. The molecule has 42 heavy (non-hydrogen) atoms. The largest absolute Gasteiger partial charge is 0.455 e. The molecule has 2 aromatic heterocycles. The Bertz CT molecular complexity index is 2120. The fraction of sp³-hybridized carbons (Fsp3) is 0.342. The van der Waals surface area contributed by atoms with E-state index in [0.29, 0.717) is 0 Å². The van der Waals surface area contributed by atoms with Crippen molar-refractivity contribution < 1.29 is 4.42 Å². The predicted octanol–water partition coefficient (Wildman–Crippen LogP) is 7.92. The van der Waals surface area contributed by atoms with E-state index in [2.05, 4.69) is 128 Å². The smallest absolute Gasteiger partial charge is 0.248 e. The van der Waals surface area contributed by atoms with Gasteiger partial charge in [-0.2, -0.15) is 0 Å². The summed E-state index contributed by atoms with van der Waals surface area (Å²) < 4.78 is 9.23. The number of hydrogen-bond donors (Lipinski definition) is 0. The fourth-order valence-electron chi connectivity index (χ4n) is 7.36. The zero-order chi connectivity index (χ0) is 29.5. The number of nitrogens with zero attached hydrogens (tertiary/aromatic N) is 2. The summed E-state index contributed by atoms with van der Waals surface area (Å²) in [5.41, 5.74) is 15.1. The van der Waals surface area contributed by atoms with Crippen molar-refractivity contribution in [3.05, 3.63) is 77.6 Å². The third-order valence-electron chi connectivity index (χ3n) is 9.43. The average Bonchev–Trinajstić information content (AvgIpc) is 3.55. The molecule has 4 heterocycles. The lowest BCUT2D eigenvalue weighted by atomic mass is 9.37. The van der Waals surface area contributed by atoms with Crippen molar-refractivity contribution in [2.24, 2.45) is 5.41 Å². The first-order valence-corrected chi connectivity index (χ1v) is 15.4. The van der Waals surface area contributed by atoms with Crippen molar-refractivity contribution in [1.82, 2.24) is 9.55 Å². The molecule has 0 N–H and O–H groups in total. The van der Waals surface area contributed by atoms with Crippen molar-refractivity contribution >= 4 is 56.1 Å². The second-order valence-electron chi connectivity index (χ2n) is 15.9. The van der Waals surface area contributed by atoms with Crippen LogP contribution in [0.5, 0.6) is 0 Å². The van der Waals surface area contributed by atoms with Crippen LogP contribution in [0.3, 0.4) is 0 Å². The Labute approximate surface area is 249 Å². The topological polar surface area (TPSA) is 31.0 Å². The monoisotopic (exact) mass is 550 g/mol. The number of hydrogen-bond acceptors (Lipinski definition) is 2. The Kier molecular flexibility index (Phi) is 4.92. The molecule has 0 fully saturated rings. The standard InChI is InChI=1S/C38H39BN2O/c1-36(2,3)20-31-40-28-18-22(38(7,8)9)17-27-34(28)41(31)29-19-21(37(4,5)6)16-25-32-26(39(27)33(25)29)15-14-24-23-12-10-11-13-30(23)42-35(24)32/h10-19H,20H2,1-9H3. The maximum absolute atomic E-state index is 6.71. The van der Waals surface area contributed by atoms with E-state index in [1.165, 1.54) is 60.6 Å². The van der Waals surface area contributed by atoms with Crippen LogP contribution >= 0.6 is 0 Å². The highest BCUT2D eigenvalue weighted by Crippen LogP contribution is 2.42.